The van der Waals surface area contributed by atoms with Gasteiger partial charge >= 0.3 is 5.97 Å². The van der Waals surface area contributed by atoms with Crippen molar-refractivity contribution in [2.45, 2.75) is 32.7 Å². The fraction of sp³-hybridized carbons (Fsp3) is 0.500. The maximum Gasteiger partial charge on any atom is 0.326 e. The monoisotopic (exact) mass is 278 g/mol. The molecule has 108 valence electrons. The van der Waals surface area contributed by atoms with Crippen LogP contribution in [0, 0.1) is 5.41 Å². The lowest BCUT2D eigenvalue weighted by atomic mass is 9.76. The highest BCUT2D eigenvalue weighted by atomic mass is 16.4. The second kappa shape index (κ2) is 5.11. The Hall–Kier alpha value is -2.11. The van der Waals surface area contributed by atoms with E-state index >= 15 is 0 Å². The van der Waals surface area contributed by atoms with E-state index in [-0.39, 0.29) is 11.3 Å². The maximum atomic E-state index is 12.5. The summed E-state index contributed by atoms with van der Waals surface area (Å²) in [5, 5.41) is 19.1. The van der Waals surface area contributed by atoms with E-state index in [0.29, 0.717) is 6.54 Å². The van der Waals surface area contributed by atoms with Crippen LogP contribution in [0.1, 0.15) is 37.0 Å². The summed E-state index contributed by atoms with van der Waals surface area (Å²) >= 11 is 0. The lowest BCUT2D eigenvalue weighted by Crippen LogP contribution is -2.56. The number of carboxylic acids is 1. The number of aliphatic carboxylic acids is 1. The first-order valence-electron chi connectivity index (χ1n) is 6.51. The van der Waals surface area contributed by atoms with Gasteiger partial charge in [0.25, 0.3) is 5.91 Å². The molecule has 1 unspecified atom stereocenters. The number of piperidine rings is 1. The van der Waals surface area contributed by atoms with Crippen molar-refractivity contribution in [3.63, 3.8) is 0 Å². The number of carbonyl (C=O) groups is 2. The van der Waals surface area contributed by atoms with Gasteiger partial charge in [-0.05, 0) is 24.3 Å². The Morgan fingerprint density at radius 3 is 2.75 bits per heavy atom. The molecule has 1 aromatic heterocycles. The van der Waals surface area contributed by atoms with E-state index in [4.69, 9.17) is 0 Å². The molecule has 0 aromatic carbocycles. The van der Waals surface area contributed by atoms with Crippen LogP contribution < -0.4 is 0 Å². The van der Waals surface area contributed by atoms with Gasteiger partial charge in [-0.25, -0.2) is 4.79 Å². The number of aromatic nitrogens is 1. The number of hydrogen-bond donors (Lipinski definition) is 2. The van der Waals surface area contributed by atoms with Crippen LogP contribution >= 0.6 is 0 Å². The fourth-order valence-corrected chi connectivity index (χ4v) is 2.80. The summed E-state index contributed by atoms with van der Waals surface area (Å²) in [6, 6.07) is 0.509. The molecule has 20 heavy (non-hydrogen) atoms. The van der Waals surface area contributed by atoms with Crippen molar-refractivity contribution >= 4 is 11.9 Å². The largest absolute Gasteiger partial charge is 0.505 e. The van der Waals surface area contributed by atoms with Crippen LogP contribution in [-0.4, -0.2) is 44.6 Å². The van der Waals surface area contributed by atoms with Gasteiger partial charge in [0.15, 0.2) is 0 Å². The van der Waals surface area contributed by atoms with Gasteiger partial charge in [0.05, 0.1) is 11.8 Å². The zero-order chi connectivity index (χ0) is 14.9. The summed E-state index contributed by atoms with van der Waals surface area (Å²) in [6.07, 6.45) is 4.07. The first kappa shape index (κ1) is 14.3. The molecule has 0 spiro atoms. The van der Waals surface area contributed by atoms with Crippen molar-refractivity contribution in [3.05, 3.63) is 24.0 Å². The molecule has 1 atom stereocenters. The van der Waals surface area contributed by atoms with E-state index in [1.54, 1.807) is 0 Å². The van der Waals surface area contributed by atoms with Gasteiger partial charge in [0.2, 0.25) is 0 Å². The Kier molecular flexibility index (Phi) is 3.65. The summed E-state index contributed by atoms with van der Waals surface area (Å²) in [5.74, 6) is -1.72. The standard InChI is InChI=1S/C14H18N2O4/c1-14(2)5-3-7-16(11(14)13(19)20)12(18)9-4-6-15-8-10(9)17/h4,6,8,11,17H,3,5,7H2,1-2H3,(H,19,20). The predicted molar refractivity (Wildman–Crippen MR) is 71.4 cm³/mol. The van der Waals surface area contributed by atoms with E-state index in [1.165, 1.54) is 23.4 Å². The van der Waals surface area contributed by atoms with Crippen LogP contribution in [0.4, 0.5) is 0 Å². The molecular weight excluding hydrogens is 260 g/mol. The Labute approximate surface area is 117 Å². The summed E-state index contributed by atoms with van der Waals surface area (Å²) < 4.78 is 0. The smallest absolute Gasteiger partial charge is 0.326 e. The zero-order valence-electron chi connectivity index (χ0n) is 11.5. The number of likely N-dealkylation sites (tertiary alicyclic amines) is 1. The minimum absolute atomic E-state index is 0.0870. The molecule has 0 saturated carbocycles. The Balaban J connectivity index is 2.37. The van der Waals surface area contributed by atoms with Crippen LogP contribution in [0.2, 0.25) is 0 Å². The van der Waals surface area contributed by atoms with Crippen LogP contribution in [0.25, 0.3) is 0 Å². The van der Waals surface area contributed by atoms with Gasteiger partial charge in [-0.2, -0.15) is 0 Å². The lowest BCUT2D eigenvalue weighted by molar-refractivity contribution is -0.148. The van der Waals surface area contributed by atoms with Crippen molar-refractivity contribution in [3.8, 4) is 5.75 Å². The Bertz CT molecular complexity index is 542. The van der Waals surface area contributed by atoms with Gasteiger partial charge in [0, 0.05) is 12.7 Å². The molecule has 0 aliphatic carbocycles. The predicted octanol–water partition coefficient (Wildman–Crippen LogP) is 1.50. The summed E-state index contributed by atoms with van der Waals surface area (Å²) in [4.78, 5) is 29.1. The Morgan fingerprint density at radius 2 is 2.15 bits per heavy atom. The second-order valence-electron chi connectivity index (χ2n) is 5.72. The number of carbonyl (C=O) groups excluding carboxylic acids is 1. The molecule has 2 rings (SSSR count). The fourth-order valence-electron chi connectivity index (χ4n) is 2.80. The normalized spacial score (nSPS) is 21.5. The number of pyridine rings is 1. The highest BCUT2D eigenvalue weighted by molar-refractivity contribution is 5.99. The van der Waals surface area contributed by atoms with Crippen molar-refractivity contribution in [2.24, 2.45) is 5.41 Å². The van der Waals surface area contributed by atoms with E-state index < -0.39 is 23.3 Å². The average Bonchev–Trinajstić information content (AvgIpc) is 2.36. The lowest BCUT2D eigenvalue weighted by Gasteiger charge is -2.44. The number of hydrogen-bond acceptors (Lipinski definition) is 4. The van der Waals surface area contributed by atoms with Gasteiger partial charge in [-0.1, -0.05) is 13.8 Å². The van der Waals surface area contributed by atoms with E-state index in [9.17, 15) is 19.8 Å². The average molecular weight is 278 g/mol. The molecule has 0 bridgehead atoms. The third kappa shape index (κ3) is 2.45. The number of amides is 1. The molecule has 0 radical (unpaired) electrons. The van der Waals surface area contributed by atoms with Crippen molar-refractivity contribution in [1.29, 1.82) is 0 Å². The van der Waals surface area contributed by atoms with Gasteiger partial charge in [-0.3, -0.25) is 9.78 Å². The second-order valence-corrected chi connectivity index (χ2v) is 5.72. The minimum atomic E-state index is -1.02. The first-order valence-corrected chi connectivity index (χ1v) is 6.51. The highest BCUT2D eigenvalue weighted by Gasteiger charge is 2.44. The molecule has 1 aromatic rings. The summed E-state index contributed by atoms with van der Waals surface area (Å²) in [6.45, 7) is 4.07. The van der Waals surface area contributed by atoms with E-state index in [0.717, 1.165) is 12.8 Å². The van der Waals surface area contributed by atoms with E-state index in [2.05, 4.69) is 4.98 Å². The third-order valence-electron chi connectivity index (χ3n) is 3.80. The molecule has 6 heteroatoms. The van der Waals surface area contributed by atoms with Crippen molar-refractivity contribution in [2.75, 3.05) is 6.54 Å². The highest BCUT2D eigenvalue weighted by Crippen LogP contribution is 2.36. The molecule has 1 aliphatic rings. The van der Waals surface area contributed by atoms with Gasteiger partial charge < -0.3 is 15.1 Å². The van der Waals surface area contributed by atoms with Gasteiger partial charge in [-0.15, -0.1) is 0 Å². The summed E-state index contributed by atoms with van der Waals surface area (Å²) in [7, 11) is 0. The quantitative estimate of drug-likeness (QED) is 0.855. The molecule has 2 N–H and O–H groups in total. The van der Waals surface area contributed by atoms with Crippen LogP contribution in [-0.2, 0) is 4.79 Å². The summed E-state index contributed by atoms with van der Waals surface area (Å²) in [5.41, 5.74) is -0.411. The SMILES string of the molecule is CC1(C)CCCN(C(=O)c2ccncc2O)C1C(=O)O. The van der Waals surface area contributed by atoms with Crippen molar-refractivity contribution < 1.29 is 19.8 Å². The van der Waals surface area contributed by atoms with Crippen LogP contribution in [0.3, 0.4) is 0 Å². The first-order chi connectivity index (χ1) is 9.34. The minimum Gasteiger partial charge on any atom is -0.505 e. The van der Waals surface area contributed by atoms with E-state index in [1.807, 2.05) is 13.8 Å². The zero-order valence-corrected chi connectivity index (χ0v) is 11.5. The Morgan fingerprint density at radius 1 is 1.45 bits per heavy atom. The van der Waals surface area contributed by atoms with Gasteiger partial charge in [0.1, 0.15) is 11.8 Å². The molecule has 1 saturated heterocycles. The third-order valence-corrected chi connectivity index (χ3v) is 3.80. The molecular formula is C14H18N2O4. The number of nitrogens with zero attached hydrogens (tertiary/aromatic N) is 2. The molecule has 2 heterocycles. The van der Waals surface area contributed by atoms with Crippen LogP contribution in [0.5, 0.6) is 5.75 Å². The maximum absolute atomic E-state index is 12.5. The molecule has 6 nitrogen and oxygen atoms in total. The molecule has 1 aliphatic heterocycles. The number of carboxylic acid groups (broad SMARTS) is 1. The topological polar surface area (TPSA) is 90.7 Å². The number of aromatic hydroxyl groups is 1. The van der Waals surface area contributed by atoms with Crippen molar-refractivity contribution in [1.82, 2.24) is 9.88 Å². The molecule has 1 fully saturated rings. The molecule has 1 amide bonds. The number of rotatable bonds is 2. The van der Waals surface area contributed by atoms with Crippen LogP contribution in [0.15, 0.2) is 18.5 Å².